The second-order valence-electron chi connectivity index (χ2n) is 4.57. The zero-order valence-corrected chi connectivity index (χ0v) is 11.8. The molecular formula is C13H16BrFN2O. The molecule has 3 nitrogen and oxygen atoms in total. The van der Waals surface area contributed by atoms with Gasteiger partial charge >= 0.3 is 0 Å². The van der Waals surface area contributed by atoms with Crippen LogP contribution in [0.3, 0.4) is 0 Å². The topological polar surface area (TPSA) is 46.3 Å². The van der Waals surface area contributed by atoms with Crippen LogP contribution in [0.4, 0.5) is 4.39 Å². The summed E-state index contributed by atoms with van der Waals surface area (Å²) in [6.07, 6.45) is 1.13. The lowest BCUT2D eigenvalue weighted by Gasteiger charge is -2.27. The largest absolute Gasteiger partial charge is 0.334 e. The van der Waals surface area contributed by atoms with Gasteiger partial charge in [0.05, 0.1) is 6.04 Å². The molecule has 5 heteroatoms. The fourth-order valence-electron chi connectivity index (χ4n) is 2.46. The number of carbonyl (C=O) groups is 1. The Morgan fingerprint density at radius 3 is 2.89 bits per heavy atom. The number of hydrogen-bond acceptors (Lipinski definition) is 2. The SMILES string of the molecule is CCCN1C(=O)CC(N)C1c1ccc(Br)cc1F. The lowest BCUT2D eigenvalue weighted by atomic mass is 10.00. The first kappa shape index (κ1) is 13.5. The maximum Gasteiger partial charge on any atom is 0.224 e. The molecular weight excluding hydrogens is 299 g/mol. The Bertz CT molecular complexity index is 466. The van der Waals surface area contributed by atoms with Gasteiger partial charge in [0.2, 0.25) is 5.91 Å². The fraction of sp³-hybridized carbons (Fsp3) is 0.462. The van der Waals surface area contributed by atoms with Gasteiger partial charge in [0.25, 0.3) is 0 Å². The average Bonchev–Trinajstić information content (AvgIpc) is 2.56. The average molecular weight is 315 g/mol. The zero-order chi connectivity index (χ0) is 13.3. The summed E-state index contributed by atoms with van der Waals surface area (Å²) in [5.41, 5.74) is 6.49. The van der Waals surface area contributed by atoms with E-state index in [1.807, 2.05) is 6.92 Å². The summed E-state index contributed by atoms with van der Waals surface area (Å²) in [5.74, 6) is -0.308. The number of carbonyl (C=O) groups excluding carboxylic acids is 1. The summed E-state index contributed by atoms with van der Waals surface area (Å²) >= 11 is 3.23. The Morgan fingerprint density at radius 1 is 1.56 bits per heavy atom. The van der Waals surface area contributed by atoms with E-state index < -0.39 is 0 Å². The molecule has 1 aromatic carbocycles. The minimum absolute atomic E-state index is 0.0108. The van der Waals surface area contributed by atoms with Crippen molar-refractivity contribution < 1.29 is 9.18 Å². The second-order valence-corrected chi connectivity index (χ2v) is 5.48. The van der Waals surface area contributed by atoms with Crippen LogP contribution < -0.4 is 5.73 Å². The Morgan fingerprint density at radius 2 is 2.28 bits per heavy atom. The van der Waals surface area contributed by atoms with Gasteiger partial charge in [-0.1, -0.05) is 28.9 Å². The molecule has 1 amide bonds. The van der Waals surface area contributed by atoms with E-state index in [4.69, 9.17) is 5.73 Å². The molecule has 2 unspecified atom stereocenters. The van der Waals surface area contributed by atoms with Gasteiger partial charge in [0.15, 0.2) is 0 Å². The molecule has 1 fully saturated rings. The van der Waals surface area contributed by atoms with Gasteiger partial charge in [0, 0.05) is 29.0 Å². The highest BCUT2D eigenvalue weighted by atomic mass is 79.9. The van der Waals surface area contributed by atoms with E-state index in [2.05, 4.69) is 15.9 Å². The van der Waals surface area contributed by atoms with Gasteiger partial charge in [-0.05, 0) is 18.6 Å². The van der Waals surface area contributed by atoms with Crippen molar-refractivity contribution in [2.45, 2.75) is 31.8 Å². The van der Waals surface area contributed by atoms with Crippen LogP contribution in [-0.4, -0.2) is 23.4 Å². The normalized spacial score (nSPS) is 23.8. The van der Waals surface area contributed by atoms with Gasteiger partial charge in [-0.3, -0.25) is 4.79 Å². The highest BCUT2D eigenvalue weighted by Crippen LogP contribution is 2.34. The van der Waals surface area contributed by atoms with Gasteiger partial charge in [-0.15, -0.1) is 0 Å². The van der Waals surface area contributed by atoms with E-state index in [1.165, 1.54) is 6.07 Å². The van der Waals surface area contributed by atoms with Crippen LogP contribution in [0.1, 0.15) is 31.4 Å². The monoisotopic (exact) mass is 314 g/mol. The number of likely N-dealkylation sites (tertiary alicyclic amines) is 1. The number of amides is 1. The van der Waals surface area contributed by atoms with Gasteiger partial charge < -0.3 is 10.6 Å². The van der Waals surface area contributed by atoms with Crippen LogP contribution in [0, 0.1) is 5.82 Å². The number of benzene rings is 1. The smallest absolute Gasteiger partial charge is 0.224 e. The Balaban J connectivity index is 2.37. The third-order valence-electron chi connectivity index (χ3n) is 3.22. The molecule has 2 N–H and O–H groups in total. The van der Waals surface area contributed by atoms with Crippen molar-refractivity contribution in [3.8, 4) is 0 Å². The lowest BCUT2D eigenvalue weighted by Crippen LogP contribution is -2.34. The molecule has 0 spiro atoms. The van der Waals surface area contributed by atoms with Crippen molar-refractivity contribution in [1.82, 2.24) is 4.90 Å². The minimum atomic E-state index is -0.342. The first-order chi connectivity index (χ1) is 8.54. The third-order valence-corrected chi connectivity index (χ3v) is 3.71. The lowest BCUT2D eigenvalue weighted by molar-refractivity contribution is -0.129. The molecule has 0 radical (unpaired) electrons. The van der Waals surface area contributed by atoms with Gasteiger partial charge in [-0.2, -0.15) is 0 Å². The Hall–Kier alpha value is -0.940. The molecule has 18 heavy (non-hydrogen) atoms. The standard InChI is InChI=1S/C13H16BrFN2O/c1-2-5-17-12(18)7-11(16)13(17)9-4-3-8(14)6-10(9)15/h3-4,6,11,13H,2,5,7,16H2,1H3. The second kappa shape index (κ2) is 5.36. The quantitative estimate of drug-likeness (QED) is 0.932. The molecule has 1 aliphatic rings. The van der Waals surface area contributed by atoms with Crippen LogP contribution in [0.2, 0.25) is 0 Å². The number of halogens is 2. The molecule has 1 saturated heterocycles. The van der Waals surface area contributed by atoms with Crippen LogP contribution in [0.25, 0.3) is 0 Å². The fourth-order valence-corrected chi connectivity index (χ4v) is 2.79. The van der Waals surface area contributed by atoms with E-state index in [0.29, 0.717) is 23.0 Å². The molecule has 2 atom stereocenters. The molecule has 1 aromatic rings. The Labute approximate surface area is 114 Å². The maximum absolute atomic E-state index is 14.0. The molecule has 0 aromatic heterocycles. The van der Waals surface area contributed by atoms with E-state index in [9.17, 15) is 9.18 Å². The van der Waals surface area contributed by atoms with Crippen molar-refractivity contribution in [2.75, 3.05) is 6.54 Å². The summed E-state index contributed by atoms with van der Waals surface area (Å²) in [4.78, 5) is 13.5. The summed E-state index contributed by atoms with van der Waals surface area (Å²) < 4.78 is 14.7. The molecule has 0 aliphatic carbocycles. The predicted octanol–water partition coefficient (Wildman–Crippen LogP) is 2.60. The minimum Gasteiger partial charge on any atom is -0.334 e. The number of hydrogen-bond donors (Lipinski definition) is 1. The highest BCUT2D eigenvalue weighted by Gasteiger charge is 2.39. The van der Waals surface area contributed by atoms with Crippen LogP contribution in [-0.2, 0) is 4.79 Å². The molecule has 1 heterocycles. The van der Waals surface area contributed by atoms with E-state index in [0.717, 1.165) is 6.42 Å². The van der Waals surface area contributed by atoms with Gasteiger partial charge in [0.1, 0.15) is 5.82 Å². The summed E-state index contributed by atoms with van der Waals surface area (Å²) in [6.45, 7) is 2.61. The number of nitrogens with zero attached hydrogens (tertiary/aromatic N) is 1. The van der Waals surface area contributed by atoms with E-state index in [1.54, 1.807) is 17.0 Å². The molecule has 2 rings (SSSR count). The number of nitrogens with two attached hydrogens (primary N) is 1. The molecule has 1 aliphatic heterocycles. The predicted molar refractivity (Wildman–Crippen MR) is 71.4 cm³/mol. The molecule has 0 bridgehead atoms. The summed E-state index contributed by atoms with van der Waals surface area (Å²) in [5, 5.41) is 0. The first-order valence-electron chi connectivity index (χ1n) is 6.04. The van der Waals surface area contributed by atoms with Crippen molar-refractivity contribution in [3.05, 3.63) is 34.1 Å². The van der Waals surface area contributed by atoms with Crippen LogP contribution >= 0.6 is 15.9 Å². The highest BCUT2D eigenvalue weighted by molar-refractivity contribution is 9.10. The van der Waals surface area contributed by atoms with Crippen molar-refractivity contribution in [2.24, 2.45) is 5.73 Å². The molecule has 0 saturated carbocycles. The van der Waals surface area contributed by atoms with Gasteiger partial charge in [-0.25, -0.2) is 4.39 Å². The Kier molecular flexibility index (Phi) is 4.02. The van der Waals surface area contributed by atoms with Crippen LogP contribution in [0.15, 0.2) is 22.7 Å². The van der Waals surface area contributed by atoms with E-state index >= 15 is 0 Å². The third kappa shape index (κ3) is 2.42. The zero-order valence-electron chi connectivity index (χ0n) is 10.2. The first-order valence-corrected chi connectivity index (χ1v) is 6.84. The molecule has 98 valence electrons. The summed E-state index contributed by atoms with van der Waals surface area (Å²) in [7, 11) is 0. The van der Waals surface area contributed by atoms with Crippen LogP contribution in [0.5, 0.6) is 0 Å². The van der Waals surface area contributed by atoms with Crippen molar-refractivity contribution >= 4 is 21.8 Å². The summed E-state index contributed by atoms with van der Waals surface area (Å²) in [6, 6.07) is 4.21. The van der Waals surface area contributed by atoms with E-state index in [-0.39, 0.29) is 23.8 Å². The van der Waals surface area contributed by atoms with Crippen molar-refractivity contribution in [1.29, 1.82) is 0 Å². The maximum atomic E-state index is 14.0. The van der Waals surface area contributed by atoms with Crippen molar-refractivity contribution in [3.63, 3.8) is 0 Å². The number of rotatable bonds is 3.